The van der Waals surface area contributed by atoms with Gasteiger partial charge in [0.2, 0.25) is 5.91 Å². The van der Waals surface area contributed by atoms with Gasteiger partial charge in [-0.2, -0.15) is 0 Å². The fraction of sp³-hybridized carbons (Fsp3) is 0.533. The zero-order valence-corrected chi connectivity index (χ0v) is 13.5. The third-order valence-corrected chi connectivity index (χ3v) is 4.42. The number of methoxy groups -OCH3 is 2. The van der Waals surface area contributed by atoms with Crippen molar-refractivity contribution in [2.75, 3.05) is 27.3 Å². The van der Waals surface area contributed by atoms with E-state index < -0.39 is 5.79 Å². The summed E-state index contributed by atoms with van der Waals surface area (Å²) in [5, 5.41) is 0. The first kappa shape index (κ1) is 15.5. The zero-order valence-electron chi connectivity index (χ0n) is 11.9. The molecule has 1 aromatic carbocycles. The quantitative estimate of drug-likeness (QED) is 0.790. The summed E-state index contributed by atoms with van der Waals surface area (Å²) < 4.78 is 11.9. The molecule has 0 bridgehead atoms. The number of likely N-dealkylation sites (tertiary alicyclic amines) is 1. The highest BCUT2D eigenvalue weighted by Crippen LogP contribution is 2.26. The standard InChI is InChI=1S/C15H20BrNO3/c1-19-15(20-2)7-9-17(10-8-15)14(18)11-12-3-5-13(16)6-4-12/h3-6H,7-11H2,1-2H3. The van der Waals surface area contributed by atoms with Gasteiger partial charge in [-0.15, -0.1) is 0 Å². The predicted molar refractivity (Wildman–Crippen MR) is 80.4 cm³/mol. The van der Waals surface area contributed by atoms with Crippen LogP contribution in [-0.4, -0.2) is 43.9 Å². The fourth-order valence-electron chi connectivity index (χ4n) is 2.48. The van der Waals surface area contributed by atoms with Gasteiger partial charge in [0.1, 0.15) is 0 Å². The molecule has 0 aliphatic carbocycles. The van der Waals surface area contributed by atoms with Crippen molar-refractivity contribution >= 4 is 21.8 Å². The molecule has 4 nitrogen and oxygen atoms in total. The van der Waals surface area contributed by atoms with Crippen molar-refractivity contribution in [2.24, 2.45) is 0 Å². The van der Waals surface area contributed by atoms with Crippen molar-refractivity contribution in [3.63, 3.8) is 0 Å². The molecule has 0 saturated carbocycles. The molecule has 1 aromatic rings. The number of hydrogen-bond donors (Lipinski definition) is 0. The lowest BCUT2D eigenvalue weighted by Gasteiger charge is -2.39. The van der Waals surface area contributed by atoms with Crippen LogP contribution in [0.1, 0.15) is 18.4 Å². The Bertz CT molecular complexity index is 447. The van der Waals surface area contributed by atoms with Gasteiger partial charge < -0.3 is 14.4 Å². The molecule has 0 aromatic heterocycles. The second-order valence-electron chi connectivity index (χ2n) is 5.00. The monoisotopic (exact) mass is 341 g/mol. The number of benzene rings is 1. The van der Waals surface area contributed by atoms with Gasteiger partial charge in [-0.25, -0.2) is 0 Å². The molecule has 5 heteroatoms. The molecule has 1 heterocycles. The molecule has 0 atom stereocenters. The average molecular weight is 342 g/mol. The maximum Gasteiger partial charge on any atom is 0.226 e. The Kier molecular flexibility index (Phi) is 5.18. The number of halogens is 1. The molecular weight excluding hydrogens is 322 g/mol. The summed E-state index contributed by atoms with van der Waals surface area (Å²) in [5.74, 6) is -0.359. The minimum atomic E-state index is -0.519. The van der Waals surface area contributed by atoms with Crippen molar-refractivity contribution in [3.05, 3.63) is 34.3 Å². The highest BCUT2D eigenvalue weighted by molar-refractivity contribution is 9.10. The minimum Gasteiger partial charge on any atom is -0.353 e. The molecule has 0 spiro atoms. The molecule has 110 valence electrons. The zero-order chi connectivity index (χ0) is 14.6. The number of nitrogens with zero attached hydrogens (tertiary/aromatic N) is 1. The minimum absolute atomic E-state index is 0.160. The van der Waals surface area contributed by atoms with Crippen molar-refractivity contribution in [2.45, 2.75) is 25.0 Å². The second kappa shape index (κ2) is 6.70. The van der Waals surface area contributed by atoms with Gasteiger partial charge in [0.15, 0.2) is 5.79 Å². The number of piperidine rings is 1. The maximum absolute atomic E-state index is 12.3. The van der Waals surface area contributed by atoms with Gasteiger partial charge in [-0.1, -0.05) is 28.1 Å². The van der Waals surface area contributed by atoms with E-state index in [1.165, 1.54) is 0 Å². The van der Waals surface area contributed by atoms with Crippen LogP contribution in [0.2, 0.25) is 0 Å². The number of amides is 1. The van der Waals surface area contributed by atoms with Crippen LogP contribution >= 0.6 is 15.9 Å². The number of carbonyl (C=O) groups is 1. The second-order valence-corrected chi connectivity index (χ2v) is 5.92. The van der Waals surface area contributed by atoms with Crippen molar-refractivity contribution in [1.82, 2.24) is 4.90 Å². The van der Waals surface area contributed by atoms with Crippen LogP contribution in [0, 0.1) is 0 Å². The van der Waals surface area contributed by atoms with Gasteiger partial charge >= 0.3 is 0 Å². The third-order valence-electron chi connectivity index (χ3n) is 3.89. The first-order chi connectivity index (χ1) is 9.58. The van der Waals surface area contributed by atoms with Crippen LogP contribution in [-0.2, 0) is 20.7 Å². The molecule has 2 rings (SSSR count). The van der Waals surface area contributed by atoms with E-state index in [1.807, 2.05) is 29.2 Å². The van der Waals surface area contributed by atoms with E-state index in [0.717, 1.165) is 10.0 Å². The van der Waals surface area contributed by atoms with E-state index >= 15 is 0 Å². The Morgan fingerprint density at radius 2 is 1.75 bits per heavy atom. The largest absolute Gasteiger partial charge is 0.353 e. The average Bonchev–Trinajstić information content (AvgIpc) is 2.49. The van der Waals surface area contributed by atoms with E-state index in [1.54, 1.807) is 14.2 Å². The molecule has 0 unspecified atom stereocenters. The Labute approximate surface area is 128 Å². The SMILES string of the molecule is COC1(OC)CCN(C(=O)Cc2ccc(Br)cc2)CC1. The third kappa shape index (κ3) is 3.59. The summed E-state index contributed by atoms with van der Waals surface area (Å²) in [6.07, 6.45) is 1.87. The van der Waals surface area contributed by atoms with Crippen molar-refractivity contribution in [3.8, 4) is 0 Å². The van der Waals surface area contributed by atoms with Crippen LogP contribution in [0.4, 0.5) is 0 Å². The number of ether oxygens (including phenoxy) is 2. The smallest absolute Gasteiger partial charge is 0.226 e. The summed E-state index contributed by atoms with van der Waals surface area (Å²) in [4.78, 5) is 14.2. The molecule has 0 N–H and O–H groups in total. The van der Waals surface area contributed by atoms with Crippen LogP contribution in [0.25, 0.3) is 0 Å². The summed E-state index contributed by atoms with van der Waals surface area (Å²) in [5.41, 5.74) is 1.04. The van der Waals surface area contributed by atoms with Crippen molar-refractivity contribution in [1.29, 1.82) is 0 Å². The van der Waals surface area contributed by atoms with E-state index in [9.17, 15) is 4.79 Å². The van der Waals surface area contributed by atoms with E-state index in [0.29, 0.717) is 32.4 Å². The van der Waals surface area contributed by atoms with Gasteiger partial charge in [0.05, 0.1) is 6.42 Å². The first-order valence-electron chi connectivity index (χ1n) is 6.71. The maximum atomic E-state index is 12.3. The summed E-state index contributed by atoms with van der Waals surface area (Å²) in [6, 6.07) is 7.86. The Morgan fingerprint density at radius 3 is 2.25 bits per heavy atom. The molecule has 1 fully saturated rings. The fourth-order valence-corrected chi connectivity index (χ4v) is 2.74. The van der Waals surface area contributed by atoms with E-state index in [2.05, 4.69) is 15.9 Å². The summed E-state index contributed by atoms with van der Waals surface area (Å²) in [6.45, 7) is 1.36. The van der Waals surface area contributed by atoms with Gasteiger partial charge in [0.25, 0.3) is 0 Å². The normalized spacial score (nSPS) is 18.1. The highest BCUT2D eigenvalue weighted by Gasteiger charge is 2.35. The Balaban J connectivity index is 1.90. The van der Waals surface area contributed by atoms with Crippen LogP contribution in [0.5, 0.6) is 0 Å². The van der Waals surface area contributed by atoms with E-state index in [-0.39, 0.29) is 5.91 Å². The molecule has 1 saturated heterocycles. The van der Waals surface area contributed by atoms with Crippen LogP contribution in [0.15, 0.2) is 28.7 Å². The Hall–Kier alpha value is -0.910. The van der Waals surface area contributed by atoms with Gasteiger partial charge in [-0.05, 0) is 17.7 Å². The van der Waals surface area contributed by atoms with Crippen LogP contribution < -0.4 is 0 Å². The lowest BCUT2D eigenvalue weighted by atomic mass is 10.0. The number of rotatable bonds is 4. The summed E-state index contributed by atoms with van der Waals surface area (Å²) >= 11 is 3.39. The van der Waals surface area contributed by atoms with Gasteiger partial charge in [0, 0.05) is 44.6 Å². The number of hydrogen-bond acceptors (Lipinski definition) is 3. The molecule has 0 radical (unpaired) electrons. The van der Waals surface area contributed by atoms with Gasteiger partial charge in [-0.3, -0.25) is 4.79 Å². The molecule has 1 aliphatic rings. The first-order valence-corrected chi connectivity index (χ1v) is 7.50. The van der Waals surface area contributed by atoms with Crippen molar-refractivity contribution < 1.29 is 14.3 Å². The van der Waals surface area contributed by atoms with E-state index in [4.69, 9.17) is 9.47 Å². The molecule has 1 amide bonds. The lowest BCUT2D eigenvalue weighted by molar-refractivity contribution is -0.228. The summed E-state index contributed by atoms with van der Waals surface area (Å²) in [7, 11) is 3.31. The van der Waals surface area contributed by atoms with Crippen LogP contribution in [0.3, 0.4) is 0 Å². The topological polar surface area (TPSA) is 38.8 Å². The molecule has 20 heavy (non-hydrogen) atoms. The highest BCUT2D eigenvalue weighted by atomic mass is 79.9. The Morgan fingerprint density at radius 1 is 1.20 bits per heavy atom. The predicted octanol–water partition coefficient (Wildman–Crippen LogP) is 2.60. The molecular formula is C15H20BrNO3. The number of carbonyl (C=O) groups excluding carboxylic acids is 1. The lowest BCUT2D eigenvalue weighted by Crippen LogP contribution is -2.49. The molecule has 1 aliphatic heterocycles.